The van der Waals surface area contributed by atoms with Gasteiger partial charge in [-0.1, -0.05) is 6.07 Å². The molecule has 0 aliphatic heterocycles. The number of nitrogens with zero attached hydrogens (tertiary/aromatic N) is 3. The van der Waals surface area contributed by atoms with Gasteiger partial charge in [-0.05, 0) is 36.4 Å². The molecule has 1 fully saturated rings. The van der Waals surface area contributed by atoms with Crippen molar-refractivity contribution < 1.29 is 0 Å². The lowest BCUT2D eigenvalue weighted by atomic mass is 10.3. The molecule has 0 bridgehead atoms. The van der Waals surface area contributed by atoms with Crippen LogP contribution in [0.3, 0.4) is 0 Å². The van der Waals surface area contributed by atoms with Crippen LogP contribution in [0.2, 0.25) is 0 Å². The van der Waals surface area contributed by atoms with Crippen molar-refractivity contribution in [3.63, 3.8) is 0 Å². The van der Waals surface area contributed by atoms with E-state index in [1.165, 1.54) is 17.7 Å². The standard InChI is InChI=1S/C14H13N3S/c15-8-11-3-4-13(9-16-11)17(12-5-6-12)10-14-2-1-7-18-14/h1-4,7,9,12H,5-6,10H2. The van der Waals surface area contributed by atoms with Crippen LogP contribution < -0.4 is 4.90 Å². The summed E-state index contributed by atoms with van der Waals surface area (Å²) < 4.78 is 0. The van der Waals surface area contributed by atoms with E-state index in [0.717, 1.165) is 12.2 Å². The maximum absolute atomic E-state index is 8.77. The second-order valence-electron chi connectivity index (χ2n) is 4.45. The normalized spacial score (nSPS) is 14.2. The second kappa shape index (κ2) is 4.79. The average molecular weight is 255 g/mol. The van der Waals surface area contributed by atoms with Gasteiger partial charge in [0, 0.05) is 10.9 Å². The number of anilines is 1. The molecule has 2 heterocycles. The summed E-state index contributed by atoms with van der Waals surface area (Å²) in [5, 5.41) is 10.9. The van der Waals surface area contributed by atoms with Gasteiger partial charge in [-0.25, -0.2) is 4.98 Å². The number of thiophene rings is 1. The van der Waals surface area contributed by atoms with Crippen LogP contribution in [-0.2, 0) is 6.54 Å². The van der Waals surface area contributed by atoms with Gasteiger partial charge in [-0.15, -0.1) is 11.3 Å². The summed E-state index contributed by atoms with van der Waals surface area (Å²) in [6.45, 7) is 0.940. The molecule has 0 spiro atoms. The van der Waals surface area contributed by atoms with E-state index in [1.54, 1.807) is 17.4 Å². The number of rotatable bonds is 4. The van der Waals surface area contributed by atoms with Gasteiger partial charge in [0.05, 0.1) is 18.4 Å². The summed E-state index contributed by atoms with van der Waals surface area (Å²) in [4.78, 5) is 7.91. The quantitative estimate of drug-likeness (QED) is 0.842. The van der Waals surface area contributed by atoms with Gasteiger partial charge >= 0.3 is 0 Å². The van der Waals surface area contributed by atoms with E-state index in [2.05, 4.69) is 33.5 Å². The summed E-state index contributed by atoms with van der Waals surface area (Å²) >= 11 is 1.78. The minimum absolute atomic E-state index is 0.477. The molecule has 0 N–H and O–H groups in total. The van der Waals surface area contributed by atoms with Crippen molar-refractivity contribution in [1.82, 2.24) is 4.98 Å². The van der Waals surface area contributed by atoms with Gasteiger partial charge in [0.15, 0.2) is 0 Å². The Labute approximate surface area is 110 Å². The van der Waals surface area contributed by atoms with Crippen molar-refractivity contribution >= 4 is 17.0 Å². The van der Waals surface area contributed by atoms with Gasteiger partial charge in [-0.3, -0.25) is 0 Å². The first kappa shape index (κ1) is 11.2. The number of hydrogen-bond acceptors (Lipinski definition) is 4. The lowest BCUT2D eigenvalue weighted by Crippen LogP contribution is -2.24. The van der Waals surface area contributed by atoms with Crippen molar-refractivity contribution in [1.29, 1.82) is 5.26 Å². The molecule has 4 heteroatoms. The fourth-order valence-corrected chi connectivity index (χ4v) is 2.71. The van der Waals surface area contributed by atoms with Crippen molar-refractivity contribution in [2.45, 2.75) is 25.4 Å². The van der Waals surface area contributed by atoms with Crippen LogP contribution in [0.1, 0.15) is 23.4 Å². The first-order chi connectivity index (χ1) is 8.86. The Morgan fingerprint density at radius 1 is 1.39 bits per heavy atom. The van der Waals surface area contributed by atoms with E-state index in [9.17, 15) is 0 Å². The van der Waals surface area contributed by atoms with E-state index in [4.69, 9.17) is 5.26 Å². The highest BCUT2D eigenvalue weighted by atomic mass is 32.1. The minimum Gasteiger partial charge on any atom is -0.362 e. The molecule has 2 aromatic rings. The maximum Gasteiger partial charge on any atom is 0.140 e. The highest BCUT2D eigenvalue weighted by molar-refractivity contribution is 7.09. The molecule has 1 aliphatic carbocycles. The average Bonchev–Trinajstić information content (AvgIpc) is 3.13. The zero-order valence-electron chi connectivity index (χ0n) is 9.91. The molecule has 2 aromatic heterocycles. The smallest absolute Gasteiger partial charge is 0.140 e. The van der Waals surface area contributed by atoms with Crippen LogP contribution in [0, 0.1) is 11.3 Å². The number of nitriles is 1. The molecule has 0 unspecified atom stereocenters. The number of pyridine rings is 1. The zero-order valence-corrected chi connectivity index (χ0v) is 10.7. The molecule has 3 nitrogen and oxygen atoms in total. The number of aromatic nitrogens is 1. The van der Waals surface area contributed by atoms with Crippen molar-refractivity contribution in [3.05, 3.63) is 46.4 Å². The maximum atomic E-state index is 8.77. The first-order valence-corrected chi connectivity index (χ1v) is 6.90. The minimum atomic E-state index is 0.477. The third-order valence-electron chi connectivity index (χ3n) is 3.09. The summed E-state index contributed by atoms with van der Waals surface area (Å²) in [5.41, 5.74) is 1.59. The Morgan fingerprint density at radius 2 is 2.28 bits per heavy atom. The molecule has 0 aromatic carbocycles. The largest absolute Gasteiger partial charge is 0.362 e. The van der Waals surface area contributed by atoms with Crippen LogP contribution in [0.4, 0.5) is 5.69 Å². The Kier molecular flexibility index (Phi) is 2.99. The lowest BCUT2D eigenvalue weighted by Gasteiger charge is -2.23. The predicted octanol–water partition coefficient (Wildman–Crippen LogP) is 3.18. The molecular formula is C14H13N3S. The van der Waals surface area contributed by atoms with E-state index < -0.39 is 0 Å². The highest BCUT2D eigenvalue weighted by Gasteiger charge is 2.29. The van der Waals surface area contributed by atoms with Crippen molar-refractivity contribution in [2.24, 2.45) is 0 Å². The Bertz CT molecular complexity index is 550. The van der Waals surface area contributed by atoms with Crippen molar-refractivity contribution in [3.8, 4) is 6.07 Å². The van der Waals surface area contributed by atoms with E-state index in [1.807, 2.05) is 12.3 Å². The van der Waals surface area contributed by atoms with Gasteiger partial charge in [0.2, 0.25) is 0 Å². The van der Waals surface area contributed by atoms with Crippen LogP contribution in [0.25, 0.3) is 0 Å². The summed E-state index contributed by atoms with van der Waals surface area (Å²) in [7, 11) is 0. The Hall–Kier alpha value is -1.86. The third-order valence-corrected chi connectivity index (χ3v) is 3.95. The molecule has 1 saturated carbocycles. The third kappa shape index (κ3) is 2.36. The molecule has 0 atom stereocenters. The first-order valence-electron chi connectivity index (χ1n) is 6.02. The number of hydrogen-bond donors (Lipinski definition) is 0. The van der Waals surface area contributed by atoms with E-state index >= 15 is 0 Å². The van der Waals surface area contributed by atoms with Gasteiger partial charge < -0.3 is 4.90 Å². The summed E-state index contributed by atoms with van der Waals surface area (Å²) in [6, 6.07) is 10.7. The highest BCUT2D eigenvalue weighted by Crippen LogP contribution is 2.33. The van der Waals surface area contributed by atoms with Gasteiger partial charge in [0.1, 0.15) is 11.8 Å². The SMILES string of the molecule is N#Cc1ccc(N(Cc2cccs2)C2CC2)cn1. The predicted molar refractivity (Wildman–Crippen MR) is 72.5 cm³/mol. The van der Waals surface area contributed by atoms with Crippen LogP contribution in [-0.4, -0.2) is 11.0 Å². The monoisotopic (exact) mass is 255 g/mol. The summed E-state index contributed by atoms with van der Waals surface area (Å²) in [5.74, 6) is 0. The summed E-state index contributed by atoms with van der Waals surface area (Å²) in [6.07, 6.45) is 4.32. The molecule has 90 valence electrons. The fourth-order valence-electron chi connectivity index (χ4n) is 2.01. The molecule has 0 amide bonds. The van der Waals surface area contributed by atoms with Gasteiger partial charge in [0.25, 0.3) is 0 Å². The molecule has 1 aliphatic rings. The fraction of sp³-hybridized carbons (Fsp3) is 0.286. The second-order valence-corrected chi connectivity index (χ2v) is 5.48. The van der Waals surface area contributed by atoms with Gasteiger partial charge in [-0.2, -0.15) is 5.26 Å². The zero-order chi connectivity index (χ0) is 12.4. The Morgan fingerprint density at radius 3 is 2.83 bits per heavy atom. The topological polar surface area (TPSA) is 39.9 Å². The molecule has 0 radical (unpaired) electrons. The Balaban J connectivity index is 1.82. The van der Waals surface area contributed by atoms with E-state index in [0.29, 0.717) is 11.7 Å². The molecule has 3 rings (SSSR count). The van der Waals surface area contributed by atoms with E-state index in [-0.39, 0.29) is 0 Å². The van der Waals surface area contributed by atoms with Crippen LogP contribution in [0.15, 0.2) is 35.8 Å². The molecule has 18 heavy (non-hydrogen) atoms. The lowest BCUT2D eigenvalue weighted by molar-refractivity contribution is 0.800. The van der Waals surface area contributed by atoms with Crippen molar-refractivity contribution in [2.75, 3.05) is 4.90 Å². The molecule has 0 saturated heterocycles. The molecular weight excluding hydrogens is 242 g/mol. The van der Waals surface area contributed by atoms with Crippen LogP contribution in [0.5, 0.6) is 0 Å². The van der Waals surface area contributed by atoms with Crippen LogP contribution >= 0.6 is 11.3 Å².